The van der Waals surface area contributed by atoms with Gasteiger partial charge in [-0.25, -0.2) is 9.07 Å². The SMILES string of the molecule is C[C@@H](NC(=O)c1nn(-c2ccc(Cl)cc2)c2c1CSC/C2=C\c1ccc(F)cc1)c1ccccc1. The molecule has 3 aromatic carbocycles. The summed E-state index contributed by atoms with van der Waals surface area (Å²) in [6.45, 7) is 1.96. The van der Waals surface area contributed by atoms with Gasteiger partial charge in [-0.2, -0.15) is 16.9 Å². The fraction of sp³-hybridized carbons (Fsp3) is 0.143. The number of carbonyl (C=O) groups excluding carboxylic acids is 1. The van der Waals surface area contributed by atoms with E-state index in [9.17, 15) is 9.18 Å². The number of nitrogens with zero attached hydrogens (tertiary/aromatic N) is 2. The Kier molecular flexibility index (Phi) is 6.75. The van der Waals surface area contributed by atoms with Crippen molar-refractivity contribution in [2.24, 2.45) is 0 Å². The van der Waals surface area contributed by atoms with Crippen molar-refractivity contribution in [3.63, 3.8) is 0 Å². The number of rotatable bonds is 5. The van der Waals surface area contributed by atoms with Gasteiger partial charge in [0.25, 0.3) is 5.91 Å². The summed E-state index contributed by atoms with van der Waals surface area (Å²) in [7, 11) is 0. The zero-order valence-corrected chi connectivity index (χ0v) is 20.6. The predicted molar refractivity (Wildman–Crippen MR) is 141 cm³/mol. The second-order valence-corrected chi connectivity index (χ2v) is 9.81. The Bertz CT molecular complexity index is 1380. The zero-order chi connectivity index (χ0) is 24.4. The van der Waals surface area contributed by atoms with Crippen molar-refractivity contribution in [1.29, 1.82) is 0 Å². The number of carbonyl (C=O) groups is 1. The molecule has 0 bridgehead atoms. The van der Waals surface area contributed by atoms with Crippen molar-refractivity contribution in [3.8, 4) is 5.69 Å². The maximum Gasteiger partial charge on any atom is 0.272 e. The summed E-state index contributed by atoms with van der Waals surface area (Å²) in [6, 6.07) is 23.5. The van der Waals surface area contributed by atoms with Crippen molar-refractivity contribution in [1.82, 2.24) is 15.1 Å². The Balaban J connectivity index is 1.58. The molecule has 4 aromatic rings. The van der Waals surface area contributed by atoms with Crippen molar-refractivity contribution in [2.45, 2.75) is 18.7 Å². The molecule has 2 heterocycles. The molecular formula is C28H23ClFN3OS. The average Bonchev–Trinajstić information content (AvgIpc) is 3.27. The number of fused-ring (bicyclic) bond motifs is 1. The monoisotopic (exact) mass is 503 g/mol. The van der Waals surface area contributed by atoms with E-state index in [1.54, 1.807) is 23.9 Å². The molecule has 4 nitrogen and oxygen atoms in total. The molecule has 0 unspecified atom stereocenters. The molecule has 5 rings (SSSR count). The standard InChI is InChI=1S/C28H23ClFN3OS/c1-18(20-5-3-2-4-6-20)31-28(34)26-25-17-35-16-21(15-19-7-11-23(30)12-8-19)27(25)33(32-26)24-13-9-22(29)10-14-24/h2-15,18H,16-17H2,1H3,(H,31,34)/b21-15+/t18-/m1/s1. The van der Waals surface area contributed by atoms with Crippen LogP contribution in [0.2, 0.25) is 5.02 Å². The number of amides is 1. The third kappa shape index (κ3) is 5.04. The molecule has 7 heteroatoms. The Morgan fingerprint density at radius 3 is 2.49 bits per heavy atom. The molecule has 0 aliphatic carbocycles. The lowest BCUT2D eigenvalue weighted by molar-refractivity contribution is 0.0933. The Morgan fingerprint density at radius 2 is 1.77 bits per heavy atom. The van der Waals surface area contributed by atoms with E-state index in [0.717, 1.165) is 39.4 Å². The number of halogens is 2. The lowest BCUT2D eigenvalue weighted by Gasteiger charge is -2.18. The molecule has 0 saturated carbocycles. The fourth-order valence-corrected chi connectivity index (χ4v) is 5.31. The first kappa shape index (κ1) is 23.4. The minimum Gasteiger partial charge on any atom is -0.344 e. The lowest BCUT2D eigenvalue weighted by Crippen LogP contribution is -2.28. The van der Waals surface area contributed by atoms with Gasteiger partial charge in [-0.05, 0) is 66.1 Å². The van der Waals surface area contributed by atoms with Crippen LogP contribution in [0.3, 0.4) is 0 Å². The third-order valence-corrected chi connectivity index (χ3v) is 7.20. The zero-order valence-electron chi connectivity index (χ0n) is 19.0. The van der Waals surface area contributed by atoms with Crippen LogP contribution in [0.1, 0.15) is 45.8 Å². The van der Waals surface area contributed by atoms with Crippen LogP contribution < -0.4 is 5.32 Å². The Morgan fingerprint density at radius 1 is 1.06 bits per heavy atom. The van der Waals surface area contributed by atoms with Gasteiger partial charge in [0.2, 0.25) is 0 Å². The van der Waals surface area contributed by atoms with Gasteiger partial charge in [0.1, 0.15) is 5.82 Å². The van der Waals surface area contributed by atoms with Crippen LogP contribution >= 0.6 is 23.4 Å². The van der Waals surface area contributed by atoms with Crippen LogP contribution in [-0.2, 0) is 5.75 Å². The fourth-order valence-electron chi connectivity index (χ4n) is 4.16. The second kappa shape index (κ2) is 10.1. The van der Waals surface area contributed by atoms with E-state index in [1.165, 1.54) is 12.1 Å². The first-order chi connectivity index (χ1) is 17.0. The largest absolute Gasteiger partial charge is 0.344 e. The molecule has 35 heavy (non-hydrogen) atoms. The Hall–Kier alpha value is -3.35. The molecule has 0 spiro atoms. The summed E-state index contributed by atoms with van der Waals surface area (Å²) in [5, 5.41) is 8.52. The van der Waals surface area contributed by atoms with Crippen LogP contribution in [-0.4, -0.2) is 21.4 Å². The number of hydrogen-bond donors (Lipinski definition) is 1. The molecule has 1 aromatic heterocycles. The quantitative estimate of drug-likeness (QED) is 0.321. The van der Waals surface area contributed by atoms with Gasteiger partial charge in [0, 0.05) is 22.1 Å². The summed E-state index contributed by atoms with van der Waals surface area (Å²) in [6.07, 6.45) is 2.03. The summed E-state index contributed by atoms with van der Waals surface area (Å²) in [4.78, 5) is 13.4. The lowest BCUT2D eigenvalue weighted by atomic mass is 10.0. The van der Waals surface area contributed by atoms with Crippen LogP contribution in [0.4, 0.5) is 4.39 Å². The maximum atomic E-state index is 13.4. The average molecular weight is 504 g/mol. The van der Waals surface area contributed by atoms with E-state index in [4.69, 9.17) is 16.7 Å². The second-order valence-electron chi connectivity index (χ2n) is 8.38. The first-order valence-electron chi connectivity index (χ1n) is 11.3. The summed E-state index contributed by atoms with van der Waals surface area (Å²) in [5.41, 5.74) is 5.96. The highest BCUT2D eigenvalue weighted by atomic mass is 35.5. The minimum absolute atomic E-state index is 0.162. The van der Waals surface area contributed by atoms with Crippen molar-refractivity contribution < 1.29 is 9.18 Å². The number of benzene rings is 3. The molecule has 0 fully saturated rings. The number of nitrogens with one attached hydrogen (secondary N) is 1. The van der Waals surface area contributed by atoms with Gasteiger partial charge in [-0.15, -0.1) is 0 Å². The Labute approximate surface area is 212 Å². The molecule has 1 amide bonds. The summed E-state index contributed by atoms with van der Waals surface area (Å²) < 4.78 is 15.3. The normalized spacial score (nSPS) is 15.0. The van der Waals surface area contributed by atoms with Gasteiger partial charge in [0.05, 0.1) is 17.4 Å². The maximum absolute atomic E-state index is 13.4. The molecule has 0 radical (unpaired) electrons. The highest BCUT2D eigenvalue weighted by Crippen LogP contribution is 2.37. The van der Waals surface area contributed by atoms with Crippen LogP contribution in [0, 0.1) is 5.82 Å². The number of hydrogen-bond acceptors (Lipinski definition) is 3. The van der Waals surface area contributed by atoms with E-state index < -0.39 is 0 Å². The van der Waals surface area contributed by atoms with Crippen molar-refractivity contribution in [2.75, 3.05) is 5.75 Å². The first-order valence-corrected chi connectivity index (χ1v) is 12.8. The molecule has 0 saturated heterocycles. The van der Waals surface area contributed by atoms with E-state index in [1.807, 2.05) is 72.3 Å². The number of thioether (sulfide) groups is 1. The van der Waals surface area contributed by atoms with Gasteiger partial charge in [-0.3, -0.25) is 4.79 Å². The van der Waals surface area contributed by atoms with Crippen LogP contribution in [0.5, 0.6) is 0 Å². The van der Waals surface area contributed by atoms with Gasteiger partial charge >= 0.3 is 0 Å². The third-order valence-electron chi connectivity index (χ3n) is 5.94. The highest BCUT2D eigenvalue weighted by Gasteiger charge is 2.29. The predicted octanol–water partition coefficient (Wildman–Crippen LogP) is 6.94. The smallest absolute Gasteiger partial charge is 0.272 e. The highest BCUT2D eigenvalue weighted by molar-refractivity contribution is 7.99. The summed E-state index contributed by atoms with van der Waals surface area (Å²) in [5.74, 6) is 0.939. The topological polar surface area (TPSA) is 46.9 Å². The van der Waals surface area contributed by atoms with Crippen LogP contribution in [0.25, 0.3) is 17.3 Å². The van der Waals surface area contributed by atoms with Crippen molar-refractivity contribution >= 4 is 40.9 Å². The molecular weight excluding hydrogens is 481 g/mol. The van der Waals surface area contributed by atoms with Gasteiger partial charge < -0.3 is 5.32 Å². The van der Waals surface area contributed by atoms with E-state index >= 15 is 0 Å². The molecule has 1 aliphatic heterocycles. The number of aromatic nitrogens is 2. The van der Waals surface area contributed by atoms with E-state index in [0.29, 0.717) is 16.5 Å². The van der Waals surface area contributed by atoms with Crippen LogP contribution in [0.15, 0.2) is 78.9 Å². The van der Waals surface area contributed by atoms with E-state index in [-0.39, 0.29) is 17.8 Å². The molecule has 1 N–H and O–H groups in total. The van der Waals surface area contributed by atoms with E-state index in [2.05, 4.69) is 5.32 Å². The van der Waals surface area contributed by atoms with Gasteiger partial charge in [0.15, 0.2) is 5.69 Å². The minimum atomic E-state index is -0.274. The van der Waals surface area contributed by atoms with Gasteiger partial charge in [-0.1, -0.05) is 54.1 Å². The molecule has 1 aliphatic rings. The molecule has 176 valence electrons. The summed E-state index contributed by atoms with van der Waals surface area (Å²) >= 11 is 7.85. The molecule has 1 atom stereocenters. The van der Waals surface area contributed by atoms with Crippen molar-refractivity contribution in [3.05, 3.63) is 118 Å².